The van der Waals surface area contributed by atoms with Crippen molar-refractivity contribution < 1.29 is 68.1 Å². The number of thiol groups is 2. The molecule has 0 radical (unpaired) electrons. The molecule has 0 unspecified atom stereocenters. The van der Waals surface area contributed by atoms with E-state index in [0.717, 1.165) is 40.8 Å². The zero-order valence-electron chi connectivity index (χ0n) is 43.4. The Balaban J connectivity index is -0.000000844. The molecule has 12 N–H and O–H groups in total. The number of carbonyl (C=O) groups excluding carboxylic acids is 6. The van der Waals surface area contributed by atoms with E-state index >= 15 is 0 Å². The molecular formula is C53H72N8O14S2. The topological polar surface area (TPSA) is 348 Å². The number of amides is 5. The third kappa shape index (κ3) is 51.2. The van der Waals surface area contributed by atoms with Gasteiger partial charge in [-0.25, -0.2) is 10.5 Å². The molecule has 0 heterocycles. The lowest BCUT2D eigenvalue weighted by molar-refractivity contribution is -0.169. The van der Waals surface area contributed by atoms with Crippen molar-refractivity contribution in [2.75, 3.05) is 73.4 Å². The van der Waals surface area contributed by atoms with E-state index in [1.807, 2.05) is 91.0 Å². The first-order valence-corrected chi connectivity index (χ1v) is 24.3. The van der Waals surface area contributed by atoms with Gasteiger partial charge >= 0.3 is 17.9 Å². The number of nitrogens with zero attached hydrogens (tertiary/aromatic N) is 1. The Morgan fingerprint density at radius 2 is 0.857 bits per heavy atom. The highest BCUT2D eigenvalue weighted by atomic mass is 32.1. The number of hydrogen-bond donors (Lipinski definition) is 12. The standard InChI is InChI=1S/C11H14N2O3.C11H15NOS.C9H9NO3.C9H9NO2.C6H7N.C3H4O4.C2H7NO.C2H7NS/c1-13(16-2)11(15)8-10(14)12-9-6-4-3-5-7-9;13-11(8-4-5-9-14)12-10-6-2-1-3-7-10;11-8(6-9(12)13)10-7-4-2-1-3-5-7;11-7-6-9(12)10-8-4-2-1-3-5-8;7-6-4-2-1-3-5-6;4-2(5)1-3(6)7;1-3-4-2;3-1-2-4/h3-7H,8H2,1-2H3,(H,12,14);1-3,6-7,14H,4-5,8-9H2,(H,12,13);1-5H,6H2,(H,10,11)(H,12,13);1-5,7H,6H2,(H,10,12);1-5H,7H2;1H2,(H,4,5)(H,6,7);3H,1-2H3;4H,1-3H2. The Kier molecular flexibility index (Phi) is 48.8. The number of hydrogen-bond acceptors (Lipinski definition) is 16. The average Bonchev–Trinajstić information content (AvgIpc) is 3.40. The highest BCUT2D eigenvalue weighted by Gasteiger charge is 2.13. The van der Waals surface area contributed by atoms with Crippen LogP contribution in [-0.2, 0) is 52.8 Å². The van der Waals surface area contributed by atoms with Crippen LogP contribution in [0.4, 0.5) is 28.4 Å². The Morgan fingerprint density at radius 3 is 1.12 bits per heavy atom. The molecule has 0 aliphatic rings. The first-order valence-electron chi connectivity index (χ1n) is 23.0. The first kappa shape index (κ1) is 73.1. The number of nitrogens with one attached hydrogen (secondary N) is 5. The number of aliphatic carboxylic acids is 3. The van der Waals surface area contributed by atoms with Crippen LogP contribution in [0.1, 0.15) is 44.9 Å². The van der Waals surface area contributed by atoms with Gasteiger partial charge in [-0.3, -0.25) is 43.2 Å². The number of nitrogen functional groups attached to an aromatic ring is 1. The number of aldehydes is 1. The predicted octanol–water partition coefficient (Wildman–Crippen LogP) is 6.53. The number of rotatable bonds is 19. The lowest BCUT2D eigenvalue weighted by Gasteiger charge is -2.13. The second-order valence-electron chi connectivity index (χ2n) is 14.3. The normalized spacial score (nSPS) is 9.03. The fourth-order valence-corrected chi connectivity index (χ4v) is 4.70. The van der Waals surface area contributed by atoms with Crippen LogP contribution in [0.5, 0.6) is 0 Å². The Hall–Kier alpha value is -8.13. The van der Waals surface area contributed by atoms with Crippen molar-refractivity contribution in [2.45, 2.75) is 44.9 Å². The van der Waals surface area contributed by atoms with Crippen molar-refractivity contribution >= 4 is 107 Å². The molecule has 0 spiro atoms. The minimum absolute atomic E-state index is 0.0815. The molecule has 0 aromatic heterocycles. The molecule has 22 nitrogen and oxygen atoms in total. The first-order chi connectivity index (χ1) is 36.8. The maximum Gasteiger partial charge on any atom is 0.314 e. The van der Waals surface area contributed by atoms with Gasteiger partial charge in [-0.15, -0.1) is 0 Å². The van der Waals surface area contributed by atoms with Crippen LogP contribution in [0.15, 0.2) is 152 Å². The van der Waals surface area contributed by atoms with Crippen molar-refractivity contribution in [3.05, 3.63) is 152 Å². The molecule has 0 aliphatic heterocycles. The smallest absolute Gasteiger partial charge is 0.314 e. The highest BCUT2D eigenvalue weighted by molar-refractivity contribution is 7.80. The van der Waals surface area contributed by atoms with E-state index in [0.29, 0.717) is 36.3 Å². The van der Waals surface area contributed by atoms with Gasteiger partial charge in [0.15, 0.2) is 0 Å². The summed E-state index contributed by atoms with van der Waals surface area (Å²) < 4.78 is 0. The molecule has 0 saturated carbocycles. The van der Waals surface area contributed by atoms with Crippen LogP contribution in [0.3, 0.4) is 0 Å². The zero-order valence-corrected chi connectivity index (χ0v) is 45.2. The molecule has 5 aromatic rings. The Labute approximate surface area is 460 Å². The van der Waals surface area contributed by atoms with Crippen LogP contribution >= 0.6 is 25.3 Å². The lowest BCUT2D eigenvalue weighted by Crippen LogP contribution is -2.29. The second kappa shape index (κ2) is 51.4. The lowest BCUT2D eigenvalue weighted by atomic mass is 10.2. The second-order valence-corrected chi connectivity index (χ2v) is 15.2. The minimum Gasteiger partial charge on any atom is -0.481 e. The third-order valence-corrected chi connectivity index (χ3v) is 8.57. The van der Waals surface area contributed by atoms with Crippen LogP contribution in [0.2, 0.25) is 0 Å². The van der Waals surface area contributed by atoms with Gasteiger partial charge in [0.2, 0.25) is 23.6 Å². The van der Waals surface area contributed by atoms with Crippen LogP contribution < -0.4 is 38.2 Å². The van der Waals surface area contributed by atoms with E-state index in [-0.39, 0.29) is 30.6 Å². The van der Waals surface area contributed by atoms with E-state index < -0.39 is 42.6 Å². The van der Waals surface area contributed by atoms with Gasteiger partial charge in [-0.1, -0.05) is 91.0 Å². The molecule has 0 fully saturated rings. The molecule has 5 rings (SSSR count). The molecule has 420 valence electrons. The van der Waals surface area contributed by atoms with E-state index in [2.05, 4.69) is 61.7 Å². The molecule has 0 bridgehead atoms. The van der Waals surface area contributed by atoms with Crippen molar-refractivity contribution in [1.29, 1.82) is 0 Å². The summed E-state index contributed by atoms with van der Waals surface area (Å²) in [6.45, 7) is 0.684. The SMILES string of the molecule is CNOC.CON(C)C(=O)CC(=O)Nc1ccccc1.NCCS.Nc1ccccc1.O=C(CCCCS)Nc1ccccc1.O=C(O)CC(=O)Nc1ccccc1.O=C(O)CC(=O)O.O=CCC(=O)Nc1ccccc1. The summed E-state index contributed by atoms with van der Waals surface area (Å²) in [5.41, 5.74) is 16.4. The maximum atomic E-state index is 11.4. The van der Waals surface area contributed by atoms with E-state index in [1.54, 1.807) is 74.8 Å². The number of nitrogens with two attached hydrogens (primary N) is 2. The fourth-order valence-electron chi connectivity index (χ4n) is 4.48. The number of para-hydroxylation sites is 5. The number of hydroxylamine groups is 3. The van der Waals surface area contributed by atoms with Crippen LogP contribution in [0, 0.1) is 0 Å². The predicted molar refractivity (Wildman–Crippen MR) is 305 cm³/mol. The minimum atomic E-state index is -1.31. The summed E-state index contributed by atoms with van der Waals surface area (Å²) in [5.74, 6) is -3.59. The van der Waals surface area contributed by atoms with E-state index in [1.165, 1.54) is 14.2 Å². The molecule has 5 amide bonds. The summed E-state index contributed by atoms with van der Waals surface area (Å²) >= 11 is 7.89. The highest BCUT2D eigenvalue weighted by Crippen LogP contribution is 2.09. The van der Waals surface area contributed by atoms with Crippen molar-refractivity contribution in [2.24, 2.45) is 5.73 Å². The number of benzene rings is 5. The third-order valence-electron chi connectivity index (χ3n) is 7.99. The van der Waals surface area contributed by atoms with E-state index in [9.17, 15) is 43.2 Å². The average molecular weight is 1110 g/mol. The zero-order chi connectivity index (χ0) is 58.5. The molecule has 24 heteroatoms. The van der Waals surface area contributed by atoms with Gasteiger partial charge in [-0.2, -0.15) is 25.3 Å². The number of carboxylic acids is 3. The van der Waals surface area contributed by atoms with Crippen LogP contribution in [0.25, 0.3) is 0 Å². The molecule has 0 aliphatic carbocycles. The summed E-state index contributed by atoms with van der Waals surface area (Å²) in [6.07, 6.45) is 1.42. The Morgan fingerprint density at radius 1 is 0.532 bits per heavy atom. The molecular weight excluding hydrogens is 1040 g/mol. The number of unbranched alkanes of at least 4 members (excludes halogenated alkanes) is 1. The summed E-state index contributed by atoms with van der Waals surface area (Å²) in [6, 6.07) is 45.7. The van der Waals surface area contributed by atoms with Crippen molar-refractivity contribution in [3.63, 3.8) is 0 Å². The van der Waals surface area contributed by atoms with Gasteiger partial charge in [-0.05, 0) is 79.3 Å². The van der Waals surface area contributed by atoms with Gasteiger partial charge in [0.1, 0.15) is 25.5 Å². The van der Waals surface area contributed by atoms with Crippen molar-refractivity contribution in [1.82, 2.24) is 10.5 Å². The quantitative estimate of drug-likeness (QED) is 0.0104. The largest absolute Gasteiger partial charge is 0.481 e. The van der Waals surface area contributed by atoms with Crippen LogP contribution in [-0.4, -0.2) is 120 Å². The molecule has 5 aromatic carbocycles. The van der Waals surface area contributed by atoms with Gasteiger partial charge in [0.05, 0.1) is 20.6 Å². The van der Waals surface area contributed by atoms with Gasteiger partial charge in [0.25, 0.3) is 5.91 Å². The number of anilines is 5. The van der Waals surface area contributed by atoms with Gasteiger partial charge in [0, 0.05) is 61.3 Å². The Bertz CT molecular complexity index is 2330. The number of carbonyl (C=O) groups is 9. The molecule has 0 saturated heterocycles. The molecule has 0 atom stereocenters. The van der Waals surface area contributed by atoms with Crippen molar-refractivity contribution in [3.8, 4) is 0 Å². The summed E-state index contributed by atoms with van der Waals surface area (Å²) in [5, 5.41) is 35.2. The fraction of sp³-hybridized carbons (Fsp3) is 0.264. The summed E-state index contributed by atoms with van der Waals surface area (Å²) in [7, 11) is 6.10. The monoisotopic (exact) mass is 1110 g/mol. The number of carboxylic acid groups (broad SMARTS) is 3. The molecule has 77 heavy (non-hydrogen) atoms. The maximum absolute atomic E-state index is 11.4. The summed E-state index contributed by atoms with van der Waals surface area (Å²) in [4.78, 5) is 104. The van der Waals surface area contributed by atoms with Gasteiger partial charge < -0.3 is 57.7 Å². The van der Waals surface area contributed by atoms with E-state index in [4.69, 9.17) is 26.8 Å².